The molecule has 2 saturated heterocycles. The molecule has 2 aromatic rings. The summed E-state index contributed by atoms with van der Waals surface area (Å²) in [7, 11) is -2.26. The van der Waals surface area contributed by atoms with Gasteiger partial charge in [0.05, 0.1) is 28.0 Å². The van der Waals surface area contributed by atoms with Gasteiger partial charge in [0.2, 0.25) is 17.5 Å². The molecular formula is C22H26ClN3O5Si. The van der Waals surface area contributed by atoms with Gasteiger partial charge in [-0.15, -0.1) is 0 Å². The highest BCUT2D eigenvalue weighted by atomic mass is 35.5. The van der Waals surface area contributed by atoms with Crippen LogP contribution in [0.15, 0.2) is 12.3 Å². The lowest BCUT2D eigenvalue weighted by molar-refractivity contribution is -0.193. The number of ether oxygens (including phenoxy) is 2. The number of hydrogen-bond acceptors (Lipinski definition) is 7. The SMILES string of the molecule is CC12OC(C)(c3c1c(O)n(-c1cnc(C#N)c(Cl)c1)c3O)[C@]1(O[Si](C)(C)C(C)(C)C)O[C@@H]21. The second-order valence-electron chi connectivity index (χ2n) is 10.6. The van der Waals surface area contributed by atoms with E-state index < -0.39 is 31.4 Å². The number of pyridine rings is 1. The molecule has 0 spiro atoms. The van der Waals surface area contributed by atoms with Crippen LogP contribution in [0.3, 0.4) is 0 Å². The van der Waals surface area contributed by atoms with Gasteiger partial charge in [0, 0.05) is 0 Å². The molecule has 0 aliphatic carbocycles. The second kappa shape index (κ2) is 5.87. The van der Waals surface area contributed by atoms with Crippen LogP contribution >= 0.6 is 11.6 Å². The average Bonchev–Trinajstić information content (AvgIpc) is 3.21. The molecule has 0 radical (unpaired) electrons. The van der Waals surface area contributed by atoms with Crippen LogP contribution in [-0.4, -0.2) is 40.0 Å². The first-order chi connectivity index (χ1) is 14.6. The standard InChI is InChI=1S/C22H26ClN3O5Si/c1-19(2,3)32(6,7)31-22-18(29-22)20(4)14-15(21(22,5)30-20)17(28)26(16(14)27)11-8-12(23)13(9-24)25-10-11/h8,10,18,27-28H,1-7H3/t18-,20?,21?,22-/m0/s1. The van der Waals surface area contributed by atoms with Gasteiger partial charge < -0.3 is 24.1 Å². The molecule has 0 amide bonds. The van der Waals surface area contributed by atoms with Crippen molar-refractivity contribution in [3.63, 3.8) is 0 Å². The van der Waals surface area contributed by atoms with Gasteiger partial charge in [-0.25, -0.2) is 9.55 Å². The van der Waals surface area contributed by atoms with Gasteiger partial charge >= 0.3 is 0 Å². The van der Waals surface area contributed by atoms with Crippen LogP contribution in [0.25, 0.3) is 5.69 Å². The predicted molar refractivity (Wildman–Crippen MR) is 118 cm³/mol. The molecule has 170 valence electrons. The van der Waals surface area contributed by atoms with E-state index in [9.17, 15) is 10.2 Å². The van der Waals surface area contributed by atoms with Crippen molar-refractivity contribution in [1.82, 2.24) is 9.55 Å². The molecule has 2 N–H and O–H groups in total. The lowest BCUT2D eigenvalue weighted by Gasteiger charge is -2.41. The fraction of sp³-hybridized carbons (Fsp3) is 0.545. The zero-order valence-corrected chi connectivity index (χ0v) is 20.8. The van der Waals surface area contributed by atoms with Crippen LogP contribution in [0.2, 0.25) is 23.2 Å². The number of fused-ring (bicyclic) bond motifs is 8. The molecule has 3 aliphatic heterocycles. The van der Waals surface area contributed by atoms with E-state index in [4.69, 9.17) is 30.8 Å². The summed E-state index contributed by atoms with van der Waals surface area (Å²) >= 11 is 6.15. The molecule has 5 rings (SSSR count). The van der Waals surface area contributed by atoms with Gasteiger partial charge in [0.15, 0.2) is 25.7 Å². The average molecular weight is 476 g/mol. The number of nitriles is 1. The Kier molecular flexibility index (Phi) is 3.99. The van der Waals surface area contributed by atoms with Gasteiger partial charge in [-0.3, -0.25) is 0 Å². The summed E-state index contributed by atoms with van der Waals surface area (Å²) in [6.07, 6.45) is 0.969. The van der Waals surface area contributed by atoms with Gasteiger partial charge in [0.1, 0.15) is 11.7 Å². The molecule has 10 heteroatoms. The molecule has 3 aliphatic rings. The smallest absolute Gasteiger partial charge is 0.224 e. The summed E-state index contributed by atoms with van der Waals surface area (Å²) in [5.74, 6) is -1.41. The number of aromatic nitrogens is 2. The quantitative estimate of drug-likeness (QED) is 0.499. The number of hydrogen-bond donors (Lipinski definition) is 2. The Labute approximate surface area is 192 Å². The van der Waals surface area contributed by atoms with Gasteiger partial charge in [-0.2, -0.15) is 5.26 Å². The highest BCUT2D eigenvalue weighted by Gasteiger charge is 2.89. The largest absolute Gasteiger partial charge is 0.494 e. The summed E-state index contributed by atoms with van der Waals surface area (Å²) in [5.41, 5.74) is -0.816. The minimum atomic E-state index is -2.26. The lowest BCUT2D eigenvalue weighted by Crippen LogP contribution is -2.52. The Morgan fingerprint density at radius 1 is 1.25 bits per heavy atom. The molecule has 32 heavy (non-hydrogen) atoms. The van der Waals surface area contributed by atoms with Gasteiger partial charge in [-0.1, -0.05) is 32.4 Å². The fourth-order valence-electron chi connectivity index (χ4n) is 4.99. The maximum absolute atomic E-state index is 11.3. The molecule has 0 aromatic carbocycles. The van der Waals surface area contributed by atoms with Crippen molar-refractivity contribution in [2.24, 2.45) is 0 Å². The summed E-state index contributed by atoms with van der Waals surface area (Å²) in [4.78, 5) is 4.03. The van der Waals surface area contributed by atoms with Crippen molar-refractivity contribution >= 4 is 19.9 Å². The van der Waals surface area contributed by atoms with E-state index >= 15 is 0 Å². The van der Waals surface area contributed by atoms with Crippen molar-refractivity contribution in [3.8, 4) is 23.5 Å². The monoisotopic (exact) mass is 475 g/mol. The number of nitrogens with zero attached hydrogens (tertiary/aromatic N) is 3. The van der Waals surface area contributed by atoms with Crippen LogP contribution in [0, 0.1) is 11.3 Å². The van der Waals surface area contributed by atoms with Crippen molar-refractivity contribution in [3.05, 3.63) is 34.1 Å². The molecule has 2 aromatic heterocycles. The van der Waals surface area contributed by atoms with E-state index in [1.165, 1.54) is 16.8 Å². The normalized spacial score (nSPS) is 32.5. The Balaban J connectivity index is 1.67. The Hall–Kier alpha value is -2.09. The van der Waals surface area contributed by atoms with Crippen LogP contribution in [0.4, 0.5) is 0 Å². The van der Waals surface area contributed by atoms with Crippen molar-refractivity contribution in [2.75, 3.05) is 0 Å². The molecular weight excluding hydrogens is 450 g/mol. The molecule has 2 fully saturated rings. The number of halogens is 1. The van der Waals surface area contributed by atoms with Crippen LogP contribution in [0.1, 0.15) is 51.4 Å². The zero-order chi connectivity index (χ0) is 23.6. The number of aromatic hydroxyl groups is 2. The zero-order valence-electron chi connectivity index (χ0n) is 19.1. The van der Waals surface area contributed by atoms with Crippen LogP contribution < -0.4 is 0 Å². The van der Waals surface area contributed by atoms with Crippen LogP contribution in [0.5, 0.6) is 11.8 Å². The van der Waals surface area contributed by atoms with Crippen molar-refractivity contribution in [1.29, 1.82) is 5.26 Å². The first-order valence-corrected chi connectivity index (χ1v) is 13.7. The first kappa shape index (κ1) is 21.7. The lowest BCUT2D eigenvalue weighted by atomic mass is 9.78. The summed E-state index contributed by atoms with van der Waals surface area (Å²) in [6.45, 7) is 14.4. The molecule has 4 atom stereocenters. The number of rotatable bonds is 3. The summed E-state index contributed by atoms with van der Waals surface area (Å²) < 4.78 is 20.7. The van der Waals surface area contributed by atoms with E-state index in [0.717, 1.165) is 0 Å². The van der Waals surface area contributed by atoms with Gasteiger partial charge in [0.25, 0.3) is 0 Å². The predicted octanol–water partition coefficient (Wildman–Crippen LogP) is 4.40. The van der Waals surface area contributed by atoms with E-state index in [0.29, 0.717) is 16.8 Å². The van der Waals surface area contributed by atoms with Gasteiger partial charge in [-0.05, 0) is 38.0 Å². The third-order valence-electron chi connectivity index (χ3n) is 7.66. The molecule has 8 nitrogen and oxygen atoms in total. The first-order valence-electron chi connectivity index (χ1n) is 10.5. The topological polar surface area (TPSA) is 113 Å². The Morgan fingerprint density at radius 3 is 2.44 bits per heavy atom. The molecule has 0 saturated carbocycles. The minimum absolute atomic E-state index is 0.0544. The van der Waals surface area contributed by atoms with Crippen molar-refractivity contribution in [2.45, 2.75) is 75.8 Å². The summed E-state index contributed by atoms with van der Waals surface area (Å²) in [5, 5.41) is 31.7. The third kappa shape index (κ3) is 2.29. The minimum Gasteiger partial charge on any atom is -0.494 e. The van der Waals surface area contributed by atoms with E-state index in [1.807, 2.05) is 19.9 Å². The molecule has 2 bridgehead atoms. The number of epoxide rings is 1. The third-order valence-corrected chi connectivity index (χ3v) is 12.4. The molecule has 5 heterocycles. The highest BCUT2D eigenvalue weighted by molar-refractivity contribution is 6.74. The highest BCUT2D eigenvalue weighted by Crippen LogP contribution is 2.77. The Bertz CT molecular complexity index is 1230. The summed E-state index contributed by atoms with van der Waals surface area (Å²) in [6, 6.07) is 3.38. The second-order valence-corrected chi connectivity index (χ2v) is 15.8. The van der Waals surface area contributed by atoms with E-state index in [2.05, 4.69) is 38.8 Å². The Morgan fingerprint density at radius 2 is 1.88 bits per heavy atom. The van der Waals surface area contributed by atoms with Crippen molar-refractivity contribution < 1.29 is 24.1 Å². The van der Waals surface area contributed by atoms with Crippen LogP contribution in [-0.2, 0) is 25.1 Å². The maximum atomic E-state index is 11.3. The van der Waals surface area contributed by atoms with E-state index in [1.54, 1.807) is 0 Å². The molecule has 2 unspecified atom stereocenters. The maximum Gasteiger partial charge on any atom is 0.224 e. The van der Waals surface area contributed by atoms with E-state index in [-0.39, 0.29) is 27.5 Å². The fourth-order valence-corrected chi connectivity index (χ4v) is 6.61.